The van der Waals surface area contributed by atoms with Gasteiger partial charge in [-0.3, -0.25) is 9.48 Å². The summed E-state index contributed by atoms with van der Waals surface area (Å²) in [6, 6.07) is 14.1. The summed E-state index contributed by atoms with van der Waals surface area (Å²) in [5.74, 6) is 0.987. The van der Waals surface area contributed by atoms with E-state index in [1.807, 2.05) is 19.2 Å². The number of rotatable bonds is 5. The molecule has 1 N–H and O–H groups in total. The minimum atomic E-state index is -0.242. The molecule has 0 aliphatic carbocycles. The Morgan fingerprint density at radius 2 is 1.88 bits per heavy atom. The molecular weight excluding hydrogens is 328 g/mol. The molecule has 1 heterocycles. The first-order valence-electron chi connectivity index (χ1n) is 7.24. The lowest BCUT2D eigenvalue weighted by Gasteiger charge is -2.08. The maximum Gasteiger partial charge on any atom is 0.262 e. The van der Waals surface area contributed by atoms with Crippen molar-refractivity contribution in [3.8, 4) is 17.1 Å². The van der Waals surface area contributed by atoms with Crippen molar-refractivity contribution >= 4 is 23.2 Å². The summed E-state index contributed by atoms with van der Waals surface area (Å²) in [5.41, 5.74) is 1.56. The van der Waals surface area contributed by atoms with Gasteiger partial charge in [0.2, 0.25) is 0 Å². The zero-order valence-corrected chi connectivity index (χ0v) is 13.7. The molecule has 0 saturated heterocycles. The Morgan fingerprint density at radius 3 is 2.50 bits per heavy atom. The van der Waals surface area contributed by atoms with Crippen LogP contribution in [0.25, 0.3) is 11.4 Å². The quantitative estimate of drug-likeness (QED) is 0.773. The third kappa shape index (κ3) is 4.11. The van der Waals surface area contributed by atoms with Crippen LogP contribution in [0.4, 0.5) is 5.69 Å². The standard InChI is InChI=1S/C17H15ClN4O2/c1-22-11-19-17(21-22)12-2-6-14(7-3-12)20-16(23)10-24-15-8-4-13(18)5-9-15/h2-9,11H,10H2,1H3,(H,20,23). The number of hydrogen-bond acceptors (Lipinski definition) is 4. The Morgan fingerprint density at radius 1 is 1.17 bits per heavy atom. The molecule has 1 amide bonds. The van der Waals surface area contributed by atoms with Crippen molar-refractivity contribution in [1.82, 2.24) is 14.8 Å². The molecule has 0 aliphatic rings. The molecule has 0 fully saturated rings. The van der Waals surface area contributed by atoms with E-state index in [1.165, 1.54) is 0 Å². The lowest BCUT2D eigenvalue weighted by molar-refractivity contribution is -0.118. The normalized spacial score (nSPS) is 10.4. The molecule has 0 unspecified atom stereocenters. The van der Waals surface area contributed by atoms with Crippen LogP contribution in [0.5, 0.6) is 5.75 Å². The number of halogens is 1. The van der Waals surface area contributed by atoms with E-state index in [1.54, 1.807) is 47.4 Å². The fraction of sp³-hybridized carbons (Fsp3) is 0.118. The van der Waals surface area contributed by atoms with Crippen LogP contribution in [-0.4, -0.2) is 27.3 Å². The molecule has 0 bridgehead atoms. The highest BCUT2D eigenvalue weighted by molar-refractivity contribution is 6.30. The topological polar surface area (TPSA) is 69.0 Å². The second-order valence-corrected chi connectivity index (χ2v) is 5.55. The van der Waals surface area contributed by atoms with Gasteiger partial charge in [0, 0.05) is 23.3 Å². The largest absolute Gasteiger partial charge is 0.484 e. The molecule has 2 aromatic carbocycles. The Bertz CT molecular complexity index is 829. The smallest absolute Gasteiger partial charge is 0.262 e. The molecule has 24 heavy (non-hydrogen) atoms. The van der Waals surface area contributed by atoms with Gasteiger partial charge in [-0.25, -0.2) is 4.98 Å². The Balaban J connectivity index is 1.55. The van der Waals surface area contributed by atoms with E-state index >= 15 is 0 Å². The average Bonchev–Trinajstić information content (AvgIpc) is 3.01. The van der Waals surface area contributed by atoms with Crippen molar-refractivity contribution in [2.45, 2.75) is 0 Å². The first-order valence-corrected chi connectivity index (χ1v) is 7.62. The van der Waals surface area contributed by atoms with Gasteiger partial charge in [0.05, 0.1) is 0 Å². The summed E-state index contributed by atoms with van der Waals surface area (Å²) in [6.45, 7) is -0.0782. The van der Waals surface area contributed by atoms with Gasteiger partial charge >= 0.3 is 0 Å². The highest BCUT2D eigenvalue weighted by atomic mass is 35.5. The number of ether oxygens (including phenoxy) is 1. The molecule has 0 saturated carbocycles. The molecule has 0 aliphatic heterocycles. The number of nitrogens with zero attached hydrogens (tertiary/aromatic N) is 3. The molecule has 0 atom stereocenters. The summed E-state index contributed by atoms with van der Waals surface area (Å²) in [7, 11) is 1.81. The van der Waals surface area contributed by atoms with Crippen molar-refractivity contribution in [3.05, 3.63) is 59.9 Å². The molecule has 6 nitrogen and oxygen atoms in total. The number of benzene rings is 2. The minimum Gasteiger partial charge on any atom is -0.484 e. The highest BCUT2D eigenvalue weighted by Crippen LogP contribution is 2.18. The van der Waals surface area contributed by atoms with E-state index in [0.29, 0.717) is 22.3 Å². The summed E-state index contributed by atoms with van der Waals surface area (Å²) < 4.78 is 7.04. The molecule has 3 rings (SSSR count). The van der Waals surface area contributed by atoms with Crippen LogP contribution in [0.3, 0.4) is 0 Å². The Kier molecular flexibility index (Phi) is 4.77. The molecule has 3 aromatic rings. The SMILES string of the molecule is Cn1cnc(-c2ccc(NC(=O)COc3ccc(Cl)cc3)cc2)n1. The zero-order valence-electron chi connectivity index (χ0n) is 12.9. The number of hydrogen-bond donors (Lipinski definition) is 1. The number of aryl methyl sites for hydroxylation is 1. The first-order chi connectivity index (χ1) is 11.6. The zero-order chi connectivity index (χ0) is 16.9. The van der Waals surface area contributed by atoms with E-state index in [-0.39, 0.29) is 12.5 Å². The first kappa shape index (κ1) is 16.0. The maximum absolute atomic E-state index is 11.9. The number of anilines is 1. The van der Waals surface area contributed by atoms with Crippen molar-refractivity contribution in [2.75, 3.05) is 11.9 Å². The monoisotopic (exact) mass is 342 g/mol. The molecule has 122 valence electrons. The second-order valence-electron chi connectivity index (χ2n) is 5.11. The van der Waals surface area contributed by atoms with Crippen LogP contribution in [0.2, 0.25) is 5.02 Å². The van der Waals surface area contributed by atoms with Crippen LogP contribution in [-0.2, 0) is 11.8 Å². The van der Waals surface area contributed by atoms with Crippen molar-refractivity contribution in [1.29, 1.82) is 0 Å². The number of carbonyl (C=O) groups excluding carboxylic acids is 1. The van der Waals surface area contributed by atoms with Gasteiger partial charge < -0.3 is 10.1 Å². The van der Waals surface area contributed by atoms with Gasteiger partial charge in [0.1, 0.15) is 12.1 Å². The van der Waals surface area contributed by atoms with Crippen LogP contribution >= 0.6 is 11.6 Å². The summed E-state index contributed by atoms with van der Waals surface area (Å²) in [5, 5.41) is 7.62. The lowest BCUT2D eigenvalue weighted by Crippen LogP contribution is -2.20. The van der Waals surface area contributed by atoms with Crippen LogP contribution in [0.1, 0.15) is 0 Å². The maximum atomic E-state index is 11.9. The number of carbonyl (C=O) groups is 1. The van der Waals surface area contributed by atoms with Crippen molar-refractivity contribution < 1.29 is 9.53 Å². The minimum absolute atomic E-state index is 0.0782. The Labute approximate surface area is 144 Å². The second kappa shape index (κ2) is 7.14. The fourth-order valence-corrected chi connectivity index (χ4v) is 2.18. The molecule has 7 heteroatoms. The lowest BCUT2D eigenvalue weighted by atomic mass is 10.2. The molecule has 1 aromatic heterocycles. The van der Waals surface area contributed by atoms with Crippen molar-refractivity contribution in [2.24, 2.45) is 7.05 Å². The number of amides is 1. The predicted octanol–water partition coefficient (Wildman–Crippen LogP) is 3.15. The highest BCUT2D eigenvalue weighted by Gasteiger charge is 2.06. The van der Waals surface area contributed by atoms with Gasteiger partial charge in [-0.2, -0.15) is 5.10 Å². The molecule has 0 spiro atoms. The molecular formula is C17H15ClN4O2. The van der Waals surface area contributed by atoms with E-state index in [0.717, 1.165) is 5.56 Å². The van der Waals surface area contributed by atoms with E-state index < -0.39 is 0 Å². The third-order valence-electron chi connectivity index (χ3n) is 3.21. The van der Waals surface area contributed by atoms with Crippen LogP contribution in [0, 0.1) is 0 Å². The average molecular weight is 343 g/mol. The molecule has 0 radical (unpaired) electrons. The van der Waals surface area contributed by atoms with Gasteiger partial charge in [-0.15, -0.1) is 0 Å². The summed E-state index contributed by atoms with van der Waals surface area (Å²) in [4.78, 5) is 16.1. The van der Waals surface area contributed by atoms with E-state index in [4.69, 9.17) is 16.3 Å². The van der Waals surface area contributed by atoms with Gasteiger partial charge in [0.25, 0.3) is 5.91 Å². The summed E-state index contributed by atoms with van der Waals surface area (Å²) in [6.07, 6.45) is 1.64. The van der Waals surface area contributed by atoms with Crippen LogP contribution in [0.15, 0.2) is 54.9 Å². The predicted molar refractivity (Wildman–Crippen MR) is 92.0 cm³/mol. The van der Waals surface area contributed by atoms with Crippen LogP contribution < -0.4 is 10.1 Å². The van der Waals surface area contributed by atoms with Gasteiger partial charge in [-0.05, 0) is 48.5 Å². The number of aromatic nitrogens is 3. The van der Waals surface area contributed by atoms with E-state index in [9.17, 15) is 4.79 Å². The number of nitrogens with one attached hydrogen (secondary N) is 1. The third-order valence-corrected chi connectivity index (χ3v) is 3.46. The van der Waals surface area contributed by atoms with Crippen molar-refractivity contribution in [3.63, 3.8) is 0 Å². The van der Waals surface area contributed by atoms with Gasteiger partial charge in [-0.1, -0.05) is 11.6 Å². The van der Waals surface area contributed by atoms with Gasteiger partial charge in [0.15, 0.2) is 12.4 Å². The van der Waals surface area contributed by atoms with E-state index in [2.05, 4.69) is 15.4 Å². The fourth-order valence-electron chi connectivity index (χ4n) is 2.05. The Hall–Kier alpha value is -2.86. The summed E-state index contributed by atoms with van der Waals surface area (Å²) >= 11 is 5.79.